The van der Waals surface area contributed by atoms with Gasteiger partial charge < -0.3 is 0 Å². The summed E-state index contributed by atoms with van der Waals surface area (Å²) < 4.78 is 13.7. The SMILES string of the molecule is CON(C)C(=O)[C@H]1[C@@H](F)[C@@H]1c1ccc(C)cc1. The maximum Gasteiger partial charge on any atom is 0.252 e. The number of benzene rings is 1. The number of nitrogens with zero attached hydrogens (tertiary/aromatic N) is 1. The van der Waals surface area contributed by atoms with Gasteiger partial charge >= 0.3 is 0 Å². The average molecular weight is 237 g/mol. The van der Waals surface area contributed by atoms with E-state index in [-0.39, 0.29) is 11.8 Å². The van der Waals surface area contributed by atoms with Crippen LogP contribution in [0, 0.1) is 12.8 Å². The number of hydroxylamine groups is 2. The highest BCUT2D eigenvalue weighted by molar-refractivity contribution is 5.83. The molecule has 1 aromatic rings. The summed E-state index contributed by atoms with van der Waals surface area (Å²) in [5.74, 6) is -1.21. The van der Waals surface area contributed by atoms with Crippen LogP contribution in [0.2, 0.25) is 0 Å². The van der Waals surface area contributed by atoms with Crippen molar-refractivity contribution in [2.24, 2.45) is 5.92 Å². The molecule has 17 heavy (non-hydrogen) atoms. The number of amides is 1. The van der Waals surface area contributed by atoms with E-state index in [1.165, 1.54) is 14.2 Å². The second-order valence-electron chi connectivity index (χ2n) is 4.42. The summed E-state index contributed by atoms with van der Waals surface area (Å²) >= 11 is 0. The third-order valence-corrected chi connectivity index (χ3v) is 3.26. The fourth-order valence-corrected chi connectivity index (χ4v) is 2.04. The molecule has 1 aromatic carbocycles. The molecule has 3 nitrogen and oxygen atoms in total. The molecule has 1 fully saturated rings. The van der Waals surface area contributed by atoms with Crippen LogP contribution in [0.3, 0.4) is 0 Å². The molecule has 0 aromatic heterocycles. The zero-order valence-corrected chi connectivity index (χ0v) is 10.2. The number of aryl methyl sites for hydroxylation is 1. The van der Waals surface area contributed by atoms with Crippen LogP contribution in [-0.4, -0.2) is 31.3 Å². The number of alkyl halides is 1. The molecular weight excluding hydrogens is 221 g/mol. The molecule has 0 saturated heterocycles. The van der Waals surface area contributed by atoms with E-state index in [2.05, 4.69) is 0 Å². The van der Waals surface area contributed by atoms with Crippen LogP contribution >= 0.6 is 0 Å². The topological polar surface area (TPSA) is 29.5 Å². The van der Waals surface area contributed by atoms with Crippen molar-refractivity contribution in [3.05, 3.63) is 35.4 Å². The highest BCUT2D eigenvalue weighted by Crippen LogP contribution is 2.51. The van der Waals surface area contributed by atoms with Gasteiger partial charge in [-0.2, -0.15) is 0 Å². The minimum atomic E-state index is -1.09. The van der Waals surface area contributed by atoms with E-state index in [9.17, 15) is 9.18 Å². The van der Waals surface area contributed by atoms with Gasteiger partial charge in [0.15, 0.2) is 0 Å². The molecule has 1 aliphatic carbocycles. The Morgan fingerprint density at radius 1 is 1.35 bits per heavy atom. The van der Waals surface area contributed by atoms with Crippen molar-refractivity contribution in [1.82, 2.24) is 5.06 Å². The highest BCUT2D eigenvalue weighted by atomic mass is 19.1. The Morgan fingerprint density at radius 3 is 2.47 bits per heavy atom. The maximum absolute atomic E-state index is 13.7. The zero-order valence-electron chi connectivity index (χ0n) is 10.2. The average Bonchev–Trinajstić information content (AvgIpc) is 3.00. The number of hydrogen-bond acceptors (Lipinski definition) is 2. The minimum absolute atomic E-state index is 0.300. The molecule has 4 heteroatoms. The van der Waals surface area contributed by atoms with Crippen molar-refractivity contribution in [2.75, 3.05) is 14.2 Å². The molecule has 0 heterocycles. The first-order valence-electron chi connectivity index (χ1n) is 5.58. The van der Waals surface area contributed by atoms with E-state index < -0.39 is 12.1 Å². The van der Waals surface area contributed by atoms with E-state index in [1.807, 2.05) is 31.2 Å². The summed E-state index contributed by atoms with van der Waals surface area (Å²) in [6.07, 6.45) is -1.09. The number of halogens is 1. The molecule has 1 aliphatic rings. The number of rotatable bonds is 3. The van der Waals surface area contributed by atoms with Gasteiger partial charge in [-0.15, -0.1) is 0 Å². The summed E-state index contributed by atoms with van der Waals surface area (Å²) in [6.45, 7) is 1.98. The number of hydrogen-bond donors (Lipinski definition) is 0. The van der Waals surface area contributed by atoms with E-state index in [0.29, 0.717) is 0 Å². The van der Waals surface area contributed by atoms with Crippen molar-refractivity contribution >= 4 is 5.91 Å². The Morgan fingerprint density at radius 2 is 1.94 bits per heavy atom. The fourth-order valence-electron chi connectivity index (χ4n) is 2.04. The van der Waals surface area contributed by atoms with Crippen molar-refractivity contribution in [1.29, 1.82) is 0 Å². The van der Waals surface area contributed by atoms with Crippen LogP contribution in [0.25, 0.3) is 0 Å². The normalized spacial score (nSPS) is 26.7. The largest absolute Gasteiger partial charge is 0.275 e. The van der Waals surface area contributed by atoms with Gasteiger partial charge in [-0.3, -0.25) is 9.63 Å². The maximum atomic E-state index is 13.7. The van der Waals surface area contributed by atoms with Gasteiger partial charge in [0.1, 0.15) is 6.17 Å². The minimum Gasteiger partial charge on any atom is -0.275 e. The van der Waals surface area contributed by atoms with E-state index in [1.54, 1.807) is 0 Å². The third-order valence-electron chi connectivity index (χ3n) is 3.26. The van der Waals surface area contributed by atoms with Gasteiger partial charge in [0.05, 0.1) is 13.0 Å². The molecule has 2 rings (SSSR count). The molecule has 0 aliphatic heterocycles. The van der Waals surface area contributed by atoms with Crippen LogP contribution < -0.4 is 0 Å². The lowest BCUT2D eigenvalue weighted by molar-refractivity contribution is -0.170. The molecule has 3 atom stereocenters. The summed E-state index contributed by atoms with van der Waals surface area (Å²) in [4.78, 5) is 16.5. The zero-order chi connectivity index (χ0) is 12.6. The Kier molecular flexibility index (Phi) is 3.15. The van der Waals surface area contributed by atoms with E-state index in [4.69, 9.17) is 4.84 Å². The summed E-state index contributed by atoms with van der Waals surface area (Å²) in [5, 5.41) is 1.09. The Labute approximate surface area is 100 Å². The van der Waals surface area contributed by atoms with Crippen molar-refractivity contribution in [2.45, 2.75) is 19.0 Å². The van der Waals surface area contributed by atoms with Gasteiger partial charge in [0.2, 0.25) is 0 Å². The first-order valence-corrected chi connectivity index (χ1v) is 5.58. The van der Waals surface area contributed by atoms with Crippen LogP contribution in [0.1, 0.15) is 17.0 Å². The number of carbonyl (C=O) groups is 1. The smallest absolute Gasteiger partial charge is 0.252 e. The van der Waals surface area contributed by atoms with Crippen molar-refractivity contribution < 1.29 is 14.0 Å². The molecule has 0 unspecified atom stereocenters. The molecule has 0 bridgehead atoms. The molecule has 1 amide bonds. The molecule has 0 radical (unpaired) electrons. The van der Waals surface area contributed by atoms with Crippen LogP contribution in [-0.2, 0) is 9.63 Å². The second-order valence-corrected chi connectivity index (χ2v) is 4.42. The fraction of sp³-hybridized carbons (Fsp3) is 0.462. The second kappa shape index (κ2) is 4.45. The summed E-state index contributed by atoms with van der Waals surface area (Å²) in [6, 6.07) is 7.63. The van der Waals surface area contributed by atoms with Crippen molar-refractivity contribution in [3.8, 4) is 0 Å². The quantitative estimate of drug-likeness (QED) is 0.753. The molecule has 0 spiro atoms. The first-order chi connectivity index (χ1) is 8.06. The first kappa shape index (κ1) is 12.0. The van der Waals surface area contributed by atoms with E-state index in [0.717, 1.165) is 16.2 Å². The Balaban J connectivity index is 2.10. The lowest BCUT2D eigenvalue weighted by Crippen LogP contribution is -2.27. The standard InChI is InChI=1S/C13H16FNO2/c1-8-4-6-9(7-5-8)10-11(12(10)14)13(16)15(2)17-3/h4-7,10-12H,1-3H3/t10-,11-,12+/m1/s1. The predicted molar refractivity (Wildman–Crippen MR) is 62.1 cm³/mol. The number of carbonyl (C=O) groups excluding carboxylic acids is 1. The Bertz CT molecular complexity index is 418. The van der Waals surface area contributed by atoms with Gasteiger partial charge in [-0.25, -0.2) is 9.45 Å². The van der Waals surface area contributed by atoms with Gasteiger partial charge in [-0.05, 0) is 12.5 Å². The van der Waals surface area contributed by atoms with Gasteiger partial charge in [-0.1, -0.05) is 29.8 Å². The summed E-state index contributed by atoms with van der Waals surface area (Å²) in [7, 11) is 2.90. The summed E-state index contributed by atoms with van der Waals surface area (Å²) in [5.41, 5.74) is 2.01. The lowest BCUT2D eigenvalue weighted by atomic mass is 10.1. The molecule has 1 saturated carbocycles. The van der Waals surface area contributed by atoms with Gasteiger partial charge in [0.25, 0.3) is 5.91 Å². The lowest BCUT2D eigenvalue weighted by Gasteiger charge is -2.12. The van der Waals surface area contributed by atoms with Crippen LogP contribution in [0.4, 0.5) is 4.39 Å². The van der Waals surface area contributed by atoms with Crippen LogP contribution in [0.15, 0.2) is 24.3 Å². The van der Waals surface area contributed by atoms with Crippen molar-refractivity contribution in [3.63, 3.8) is 0 Å². The molecule has 0 N–H and O–H groups in total. The third kappa shape index (κ3) is 2.17. The monoisotopic (exact) mass is 237 g/mol. The van der Waals surface area contributed by atoms with E-state index >= 15 is 0 Å². The predicted octanol–water partition coefficient (Wildman–Crippen LogP) is 2.07. The molecular formula is C13H16FNO2. The molecule has 92 valence electrons. The van der Waals surface area contributed by atoms with Crippen LogP contribution in [0.5, 0.6) is 0 Å². The Hall–Kier alpha value is -1.42. The highest BCUT2D eigenvalue weighted by Gasteiger charge is 2.57. The van der Waals surface area contributed by atoms with Gasteiger partial charge in [0, 0.05) is 13.0 Å².